The summed E-state index contributed by atoms with van der Waals surface area (Å²) >= 11 is 6.09. The summed E-state index contributed by atoms with van der Waals surface area (Å²) in [6.45, 7) is 0.0408. The Kier molecular flexibility index (Phi) is 4.86. The van der Waals surface area contributed by atoms with Crippen LogP contribution in [-0.4, -0.2) is 16.8 Å². The third-order valence-corrected chi connectivity index (χ3v) is 5.79. The standard InChI is InChI=1S/C21H18ClF4NO/c22-18-6-3-7-19(23)16(18)11-27(12-8-9-12)20(28)15-10-14(15)13-4-1-2-5-17(13)21(24,25)26/h1-7,12,14-15H,8-11H2. The fourth-order valence-corrected chi connectivity index (χ4v) is 3.95. The molecule has 2 nitrogen and oxygen atoms in total. The predicted molar refractivity (Wildman–Crippen MR) is 97.3 cm³/mol. The third kappa shape index (κ3) is 3.75. The second kappa shape index (κ2) is 7.07. The molecule has 148 valence electrons. The van der Waals surface area contributed by atoms with Gasteiger partial charge in [-0.3, -0.25) is 4.79 Å². The van der Waals surface area contributed by atoms with E-state index >= 15 is 0 Å². The van der Waals surface area contributed by atoms with E-state index in [0.717, 1.165) is 18.9 Å². The summed E-state index contributed by atoms with van der Waals surface area (Å²) in [6, 6.07) is 9.75. The Bertz CT molecular complexity index is 889. The lowest BCUT2D eigenvalue weighted by Crippen LogP contribution is -2.34. The molecule has 0 heterocycles. The number of rotatable bonds is 5. The molecule has 0 radical (unpaired) electrons. The molecule has 0 N–H and O–H groups in total. The Morgan fingerprint density at radius 2 is 1.82 bits per heavy atom. The molecule has 0 saturated heterocycles. The lowest BCUT2D eigenvalue weighted by molar-refractivity contribution is -0.139. The van der Waals surface area contributed by atoms with E-state index < -0.39 is 29.4 Å². The Balaban J connectivity index is 1.55. The van der Waals surface area contributed by atoms with Crippen molar-refractivity contribution >= 4 is 17.5 Å². The van der Waals surface area contributed by atoms with Crippen molar-refractivity contribution in [1.82, 2.24) is 4.90 Å². The molecule has 2 atom stereocenters. The fraction of sp³-hybridized carbons (Fsp3) is 0.381. The minimum absolute atomic E-state index is 0.00211. The van der Waals surface area contributed by atoms with Crippen molar-refractivity contribution < 1.29 is 22.4 Å². The maximum Gasteiger partial charge on any atom is 0.416 e. The molecule has 0 aliphatic heterocycles. The van der Waals surface area contributed by atoms with E-state index in [0.29, 0.717) is 6.42 Å². The van der Waals surface area contributed by atoms with Crippen molar-refractivity contribution in [3.8, 4) is 0 Å². The summed E-state index contributed by atoms with van der Waals surface area (Å²) in [5, 5.41) is 0.244. The van der Waals surface area contributed by atoms with E-state index in [1.165, 1.54) is 24.3 Å². The zero-order valence-electron chi connectivity index (χ0n) is 14.8. The van der Waals surface area contributed by atoms with Crippen LogP contribution in [0.2, 0.25) is 5.02 Å². The molecule has 2 aliphatic rings. The van der Waals surface area contributed by atoms with Crippen molar-refractivity contribution in [1.29, 1.82) is 0 Å². The molecule has 7 heteroatoms. The smallest absolute Gasteiger partial charge is 0.335 e. The minimum atomic E-state index is -4.45. The van der Waals surface area contributed by atoms with Crippen LogP contribution in [0.3, 0.4) is 0 Å². The fourth-order valence-electron chi connectivity index (χ4n) is 3.73. The van der Waals surface area contributed by atoms with Gasteiger partial charge in [0, 0.05) is 22.5 Å². The van der Waals surface area contributed by atoms with Crippen LogP contribution >= 0.6 is 11.6 Å². The maximum atomic E-state index is 14.2. The number of alkyl halides is 3. The zero-order valence-corrected chi connectivity index (χ0v) is 15.6. The number of carbonyl (C=O) groups is 1. The monoisotopic (exact) mass is 411 g/mol. The van der Waals surface area contributed by atoms with Crippen molar-refractivity contribution in [2.24, 2.45) is 5.92 Å². The van der Waals surface area contributed by atoms with Crippen LogP contribution in [0, 0.1) is 11.7 Å². The van der Waals surface area contributed by atoms with Crippen LogP contribution in [0.1, 0.15) is 41.9 Å². The van der Waals surface area contributed by atoms with E-state index in [9.17, 15) is 22.4 Å². The first-order valence-corrected chi connectivity index (χ1v) is 9.54. The lowest BCUT2D eigenvalue weighted by Gasteiger charge is -2.24. The largest absolute Gasteiger partial charge is 0.416 e. The predicted octanol–water partition coefficient (Wildman–Crippen LogP) is 5.79. The van der Waals surface area contributed by atoms with Crippen LogP contribution < -0.4 is 0 Å². The first-order valence-electron chi connectivity index (χ1n) is 9.17. The van der Waals surface area contributed by atoms with E-state index in [4.69, 9.17) is 11.6 Å². The first-order chi connectivity index (χ1) is 13.3. The second-order valence-corrected chi connectivity index (χ2v) is 7.84. The van der Waals surface area contributed by atoms with Crippen LogP contribution in [-0.2, 0) is 17.5 Å². The molecular formula is C21H18ClF4NO. The molecule has 0 bridgehead atoms. The third-order valence-electron chi connectivity index (χ3n) is 5.43. The van der Waals surface area contributed by atoms with Crippen LogP contribution in [0.5, 0.6) is 0 Å². The molecular weight excluding hydrogens is 394 g/mol. The van der Waals surface area contributed by atoms with Gasteiger partial charge >= 0.3 is 6.18 Å². The Labute approximate surface area is 165 Å². The Morgan fingerprint density at radius 1 is 1.11 bits per heavy atom. The molecule has 0 aromatic heterocycles. The summed E-state index contributed by atoms with van der Waals surface area (Å²) in [7, 11) is 0. The molecule has 2 unspecified atom stereocenters. The molecule has 2 saturated carbocycles. The quantitative estimate of drug-likeness (QED) is 0.570. The van der Waals surface area contributed by atoms with Crippen molar-refractivity contribution in [2.45, 2.75) is 43.9 Å². The van der Waals surface area contributed by atoms with Crippen molar-refractivity contribution in [3.05, 3.63) is 70.0 Å². The molecule has 2 aromatic rings. The van der Waals surface area contributed by atoms with Crippen molar-refractivity contribution in [3.63, 3.8) is 0 Å². The number of halogens is 5. The number of carbonyl (C=O) groups excluding carboxylic acids is 1. The van der Waals surface area contributed by atoms with Crippen LogP contribution in [0.15, 0.2) is 42.5 Å². The highest BCUT2D eigenvalue weighted by Crippen LogP contribution is 2.52. The van der Waals surface area contributed by atoms with E-state index in [1.807, 2.05) is 0 Å². The molecule has 2 aromatic carbocycles. The van der Waals surface area contributed by atoms with Crippen LogP contribution in [0.4, 0.5) is 17.6 Å². The summed E-state index contributed by atoms with van der Waals surface area (Å²) in [6.07, 6.45) is -2.45. The second-order valence-electron chi connectivity index (χ2n) is 7.43. The van der Waals surface area contributed by atoms with E-state index in [-0.39, 0.29) is 34.6 Å². The minimum Gasteiger partial charge on any atom is -0.335 e. The molecule has 2 aliphatic carbocycles. The van der Waals surface area contributed by atoms with Crippen molar-refractivity contribution in [2.75, 3.05) is 0 Å². The van der Waals surface area contributed by atoms with Gasteiger partial charge in [0.05, 0.1) is 12.1 Å². The van der Waals surface area contributed by atoms with Gasteiger partial charge in [0.25, 0.3) is 0 Å². The highest BCUT2D eigenvalue weighted by molar-refractivity contribution is 6.31. The van der Waals surface area contributed by atoms with E-state index in [1.54, 1.807) is 17.0 Å². The number of nitrogens with zero attached hydrogens (tertiary/aromatic N) is 1. The molecule has 2 fully saturated rings. The van der Waals surface area contributed by atoms with Gasteiger partial charge < -0.3 is 4.90 Å². The van der Waals surface area contributed by atoms with Gasteiger partial charge in [-0.15, -0.1) is 0 Å². The average Bonchev–Trinajstić information content (AvgIpc) is 3.54. The summed E-state index contributed by atoms with van der Waals surface area (Å²) in [5.41, 5.74) is -0.282. The number of amides is 1. The first kappa shape index (κ1) is 19.2. The lowest BCUT2D eigenvalue weighted by atomic mass is 10.0. The van der Waals surface area contributed by atoms with Gasteiger partial charge in [-0.1, -0.05) is 35.9 Å². The van der Waals surface area contributed by atoms with Gasteiger partial charge in [-0.05, 0) is 48.9 Å². The molecule has 0 spiro atoms. The van der Waals surface area contributed by atoms with E-state index in [2.05, 4.69) is 0 Å². The zero-order chi connectivity index (χ0) is 20.1. The number of hydrogen-bond acceptors (Lipinski definition) is 1. The molecule has 1 amide bonds. The Hall–Kier alpha value is -2.08. The highest BCUT2D eigenvalue weighted by Gasteiger charge is 2.50. The summed E-state index contributed by atoms with van der Waals surface area (Å²) < 4.78 is 54.0. The van der Waals surface area contributed by atoms with Gasteiger partial charge in [-0.25, -0.2) is 4.39 Å². The molecule has 28 heavy (non-hydrogen) atoms. The van der Waals surface area contributed by atoms with Gasteiger partial charge in [0.15, 0.2) is 0 Å². The Morgan fingerprint density at radius 3 is 2.46 bits per heavy atom. The van der Waals surface area contributed by atoms with Gasteiger partial charge in [-0.2, -0.15) is 13.2 Å². The molecule has 4 rings (SSSR count). The summed E-state index contributed by atoms with van der Waals surface area (Å²) in [5.74, 6) is -1.66. The SMILES string of the molecule is O=C(C1CC1c1ccccc1C(F)(F)F)N(Cc1c(F)cccc1Cl)C1CC1. The normalized spacial score (nSPS) is 21.5. The van der Waals surface area contributed by atoms with Gasteiger partial charge in [0.1, 0.15) is 5.82 Å². The number of benzene rings is 2. The average molecular weight is 412 g/mol. The maximum absolute atomic E-state index is 14.2. The number of hydrogen-bond donors (Lipinski definition) is 0. The topological polar surface area (TPSA) is 20.3 Å². The highest BCUT2D eigenvalue weighted by atomic mass is 35.5. The summed E-state index contributed by atoms with van der Waals surface area (Å²) in [4.78, 5) is 14.6. The van der Waals surface area contributed by atoms with Crippen LogP contribution in [0.25, 0.3) is 0 Å². The van der Waals surface area contributed by atoms with Gasteiger partial charge in [0.2, 0.25) is 5.91 Å².